The van der Waals surface area contributed by atoms with E-state index in [1.807, 2.05) is 13.8 Å². The normalized spacial score (nSPS) is 16.0. The molecule has 0 spiro atoms. The molecule has 2 rings (SSSR count). The quantitative estimate of drug-likeness (QED) is 0.269. The van der Waals surface area contributed by atoms with Crippen LogP contribution in [0.4, 0.5) is 0 Å². The van der Waals surface area contributed by atoms with Gasteiger partial charge in [0.05, 0.1) is 17.1 Å². The first-order chi connectivity index (χ1) is 16.9. The number of aliphatic carboxylic acids is 1. The molecule has 1 aromatic rings. The number of benzene rings is 1. The molecule has 0 unspecified atom stereocenters. The third-order valence-corrected chi connectivity index (χ3v) is 7.49. The average molecular weight is 544 g/mol. The Balaban J connectivity index is 0.000000755. The number of hydroxylamine groups is 2. The van der Waals surface area contributed by atoms with Gasteiger partial charge in [-0.25, -0.2) is 4.79 Å². The molecule has 1 aliphatic heterocycles. The molecule has 1 aromatic carbocycles. The van der Waals surface area contributed by atoms with E-state index in [1.165, 1.54) is 57.1 Å². The number of unbranched alkanes of at least 4 members (excludes halogenated alkanes) is 8. The van der Waals surface area contributed by atoms with E-state index < -0.39 is 17.9 Å². The van der Waals surface area contributed by atoms with Crippen LogP contribution in [0.25, 0.3) is 0 Å². The Morgan fingerprint density at radius 1 is 0.865 bits per heavy atom. The van der Waals surface area contributed by atoms with Gasteiger partial charge in [-0.3, -0.25) is 0 Å². The Bertz CT molecular complexity index is 839. The van der Waals surface area contributed by atoms with E-state index in [-0.39, 0.29) is 66.2 Å². The minimum atomic E-state index is -1.38. The molecular formula is C29H45CaNO6. The molecular weight excluding hydrogens is 498 g/mol. The largest absolute Gasteiger partial charge is 2.00 e. The second-order valence-corrected chi connectivity index (χ2v) is 10.8. The number of rotatable bonds is 13. The Morgan fingerprint density at radius 2 is 1.38 bits per heavy atom. The second-order valence-electron chi connectivity index (χ2n) is 10.8. The van der Waals surface area contributed by atoms with Gasteiger partial charge in [0.15, 0.2) is 0 Å². The maximum Gasteiger partial charge on any atom is 2.00 e. The third-order valence-electron chi connectivity index (χ3n) is 7.49. The number of hydrogen-bond donors (Lipinski definition) is 0. The number of aromatic carboxylic acids is 1. The predicted molar refractivity (Wildman–Crippen MR) is 143 cm³/mol. The Hall–Kier alpha value is -1.15. The summed E-state index contributed by atoms with van der Waals surface area (Å²) in [7, 11) is 0. The molecule has 0 N–H and O–H groups in total. The van der Waals surface area contributed by atoms with Crippen LogP contribution in [0.2, 0.25) is 0 Å². The number of carbonyl (C=O) groups is 3. The second kappa shape index (κ2) is 18.2. The molecule has 0 bridgehead atoms. The van der Waals surface area contributed by atoms with Crippen molar-refractivity contribution in [3.8, 4) is 0 Å². The van der Waals surface area contributed by atoms with Crippen molar-refractivity contribution in [3.63, 3.8) is 0 Å². The van der Waals surface area contributed by atoms with Crippen molar-refractivity contribution < 1.29 is 29.4 Å². The molecule has 37 heavy (non-hydrogen) atoms. The topological polar surface area (TPSA) is 110 Å². The van der Waals surface area contributed by atoms with Crippen molar-refractivity contribution >= 4 is 55.6 Å². The Morgan fingerprint density at radius 3 is 1.89 bits per heavy atom. The van der Waals surface area contributed by atoms with Crippen molar-refractivity contribution in [2.24, 2.45) is 5.41 Å². The van der Waals surface area contributed by atoms with Gasteiger partial charge in [-0.15, -0.1) is 5.06 Å². The van der Waals surface area contributed by atoms with Gasteiger partial charge in [-0.1, -0.05) is 90.3 Å². The van der Waals surface area contributed by atoms with Crippen molar-refractivity contribution in [1.29, 1.82) is 0 Å². The van der Waals surface area contributed by atoms with E-state index in [9.17, 15) is 24.6 Å². The molecule has 0 radical (unpaired) electrons. The molecule has 0 aromatic heterocycles. The van der Waals surface area contributed by atoms with Crippen molar-refractivity contribution in [2.75, 3.05) is 6.54 Å². The van der Waals surface area contributed by atoms with Gasteiger partial charge in [0.2, 0.25) is 0 Å². The molecule has 8 heteroatoms. The first-order valence-electron chi connectivity index (χ1n) is 13.4. The van der Waals surface area contributed by atoms with Crippen molar-refractivity contribution in [2.45, 2.75) is 117 Å². The van der Waals surface area contributed by atoms with Crippen LogP contribution in [0, 0.1) is 5.41 Å². The SMILES string of the molecule is CC1(C)CCCN(OC(=O)c2ccccc2C(=O)[O-])C1(C)C.CCCCCCCCCCCC(=O)[O-].[Ca+2]. The monoisotopic (exact) mass is 543 g/mol. The van der Waals surface area contributed by atoms with Crippen LogP contribution in [0.15, 0.2) is 24.3 Å². The van der Waals surface area contributed by atoms with Crippen molar-refractivity contribution in [1.82, 2.24) is 5.06 Å². The Labute approximate surface area is 253 Å². The summed E-state index contributed by atoms with van der Waals surface area (Å²) in [4.78, 5) is 39.1. The predicted octanol–water partition coefficient (Wildman–Crippen LogP) is 4.30. The fraction of sp³-hybridized carbons (Fsp3) is 0.690. The van der Waals surface area contributed by atoms with Crippen LogP contribution in [0.1, 0.15) is 132 Å². The smallest absolute Gasteiger partial charge is 0.550 e. The first-order valence-corrected chi connectivity index (χ1v) is 13.4. The average Bonchev–Trinajstić information content (AvgIpc) is 2.81. The summed E-state index contributed by atoms with van der Waals surface area (Å²) in [6, 6.07) is 5.94. The van der Waals surface area contributed by atoms with Crippen LogP contribution in [0.5, 0.6) is 0 Å². The van der Waals surface area contributed by atoms with Gasteiger partial charge in [0, 0.05) is 18.1 Å². The van der Waals surface area contributed by atoms with Gasteiger partial charge in [0.25, 0.3) is 0 Å². The molecule has 1 saturated heterocycles. The van der Waals surface area contributed by atoms with E-state index >= 15 is 0 Å². The molecule has 0 atom stereocenters. The van der Waals surface area contributed by atoms with Crippen molar-refractivity contribution in [3.05, 3.63) is 35.4 Å². The maximum atomic E-state index is 12.4. The van der Waals surface area contributed by atoms with Gasteiger partial charge in [-0.2, -0.15) is 0 Å². The van der Waals surface area contributed by atoms with Crippen LogP contribution >= 0.6 is 0 Å². The van der Waals surface area contributed by atoms with Crippen LogP contribution in [-0.2, 0) is 9.63 Å². The molecule has 0 saturated carbocycles. The van der Waals surface area contributed by atoms with Crippen LogP contribution in [0.3, 0.4) is 0 Å². The summed E-state index contributed by atoms with van der Waals surface area (Å²) in [5, 5.41) is 22.9. The van der Waals surface area contributed by atoms with Gasteiger partial charge in [0.1, 0.15) is 0 Å². The summed E-state index contributed by atoms with van der Waals surface area (Å²) < 4.78 is 0. The minimum Gasteiger partial charge on any atom is -0.550 e. The molecule has 0 aliphatic carbocycles. The number of carboxylic acids is 2. The summed E-state index contributed by atoms with van der Waals surface area (Å²) in [6.45, 7) is 11.2. The zero-order valence-electron chi connectivity index (χ0n) is 23.6. The fourth-order valence-electron chi connectivity index (χ4n) is 4.32. The minimum absolute atomic E-state index is 0. The first kappa shape index (κ1) is 35.8. The Kier molecular flexibility index (Phi) is 17.6. The molecule has 0 amide bonds. The van der Waals surface area contributed by atoms with E-state index in [1.54, 1.807) is 17.2 Å². The van der Waals surface area contributed by atoms with Gasteiger partial charge >= 0.3 is 43.7 Å². The zero-order chi connectivity index (χ0) is 27.2. The van der Waals surface area contributed by atoms with Gasteiger partial charge < -0.3 is 24.6 Å². The van der Waals surface area contributed by atoms with Gasteiger partial charge in [-0.05, 0) is 51.0 Å². The number of nitrogens with zero attached hydrogens (tertiary/aromatic N) is 1. The van der Waals surface area contributed by atoms with Crippen LogP contribution < -0.4 is 10.2 Å². The van der Waals surface area contributed by atoms with E-state index in [2.05, 4.69) is 20.8 Å². The number of hydrogen-bond acceptors (Lipinski definition) is 7. The number of carbonyl (C=O) groups excluding carboxylic acids is 3. The zero-order valence-corrected chi connectivity index (χ0v) is 25.8. The summed E-state index contributed by atoms with van der Waals surface area (Å²) in [5.74, 6) is -2.95. The molecule has 1 heterocycles. The van der Waals surface area contributed by atoms with E-state index in [0.29, 0.717) is 6.54 Å². The fourth-order valence-corrected chi connectivity index (χ4v) is 4.32. The van der Waals surface area contributed by atoms with E-state index in [0.717, 1.165) is 25.7 Å². The number of carboxylic acid groups (broad SMARTS) is 2. The molecule has 7 nitrogen and oxygen atoms in total. The molecule has 204 valence electrons. The summed E-state index contributed by atoms with van der Waals surface area (Å²) in [5.41, 5.74) is -0.486. The number of piperidine rings is 1. The molecule has 1 fully saturated rings. The summed E-state index contributed by atoms with van der Waals surface area (Å²) >= 11 is 0. The molecule has 1 aliphatic rings. The third kappa shape index (κ3) is 12.5. The summed E-state index contributed by atoms with van der Waals surface area (Å²) in [6.07, 6.45) is 13.1. The van der Waals surface area contributed by atoms with E-state index in [4.69, 9.17) is 4.84 Å². The standard InChI is InChI=1S/C17H23NO4.C12H24O2.Ca/c1-16(2)10-7-11-18(17(16,3)4)22-15(21)13-9-6-5-8-12(13)14(19)20;1-2-3-4-5-6-7-8-9-10-11-12(13)14;/h5-6,8-9H,7,10-11H2,1-4H3,(H,19,20);2-11H2,1H3,(H,13,14);/q;;+2/p-2. The maximum absolute atomic E-state index is 12.4. The van der Waals surface area contributed by atoms with Crippen LogP contribution in [-0.4, -0.2) is 72.8 Å².